The van der Waals surface area contributed by atoms with E-state index in [1.807, 2.05) is 30.3 Å². The van der Waals surface area contributed by atoms with Crippen LogP contribution in [-0.2, 0) is 16.1 Å². The van der Waals surface area contributed by atoms with Crippen molar-refractivity contribution in [2.45, 2.75) is 20.0 Å². The fraction of sp³-hybridized carbons (Fsp3) is 0.385. The average molecular weight is 235 g/mol. The molecule has 4 heteroatoms. The summed E-state index contributed by atoms with van der Waals surface area (Å²) in [7, 11) is 0. The zero-order chi connectivity index (χ0) is 12.7. The van der Waals surface area contributed by atoms with Gasteiger partial charge in [-0.05, 0) is 11.5 Å². The molecule has 0 saturated heterocycles. The minimum Gasteiger partial charge on any atom is -0.456 e. The number of ether oxygens (including phenoxy) is 1. The van der Waals surface area contributed by atoms with Gasteiger partial charge in [-0.25, -0.2) is 4.79 Å². The summed E-state index contributed by atoms with van der Waals surface area (Å²) < 4.78 is 4.99. The molecule has 1 atom stereocenters. The van der Waals surface area contributed by atoms with E-state index in [0.717, 1.165) is 5.56 Å². The number of aliphatic hydroxyl groups is 1. The SMILES string of the molecule is CC(CO)CC(=N)C(=O)OCc1ccccc1. The Morgan fingerprint density at radius 1 is 1.41 bits per heavy atom. The highest BCUT2D eigenvalue weighted by Crippen LogP contribution is 2.05. The predicted molar refractivity (Wildman–Crippen MR) is 64.8 cm³/mol. The molecule has 0 bridgehead atoms. The first-order valence-electron chi connectivity index (χ1n) is 5.52. The topological polar surface area (TPSA) is 70.4 Å². The fourth-order valence-electron chi connectivity index (χ4n) is 1.31. The van der Waals surface area contributed by atoms with Crippen molar-refractivity contribution in [3.05, 3.63) is 35.9 Å². The number of rotatable bonds is 6. The maximum atomic E-state index is 11.4. The Bertz CT molecular complexity index is 376. The second-order valence-corrected chi connectivity index (χ2v) is 4.03. The largest absolute Gasteiger partial charge is 0.456 e. The smallest absolute Gasteiger partial charge is 0.352 e. The van der Waals surface area contributed by atoms with Gasteiger partial charge in [0.05, 0.1) is 0 Å². The third-order valence-corrected chi connectivity index (χ3v) is 2.32. The van der Waals surface area contributed by atoms with Gasteiger partial charge in [-0.1, -0.05) is 37.3 Å². The normalized spacial score (nSPS) is 11.9. The minimum absolute atomic E-state index is 0.0334. The molecule has 0 radical (unpaired) electrons. The highest BCUT2D eigenvalue weighted by atomic mass is 16.5. The number of hydrogen-bond donors (Lipinski definition) is 2. The third kappa shape index (κ3) is 4.78. The Balaban J connectivity index is 2.37. The number of esters is 1. The van der Waals surface area contributed by atoms with Crippen molar-refractivity contribution in [2.24, 2.45) is 5.92 Å². The monoisotopic (exact) mass is 235 g/mol. The molecule has 0 fully saturated rings. The van der Waals surface area contributed by atoms with E-state index in [1.54, 1.807) is 6.92 Å². The molecule has 0 aromatic heterocycles. The van der Waals surface area contributed by atoms with Gasteiger partial charge in [0.15, 0.2) is 0 Å². The van der Waals surface area contributed by atoms with E-state index in [9.17, 15) is 4.79 Å². The Hall–Kier alpha value is -1.68. The van der Waals surface area contributed by atoms with E-state index in [0.29, 0.717) is 0 Å². The molecule has 0 aliphatic rings. The Labute approximate surface area is 101 Å². The molecule has 0 heterocycles. The van der Waals surface area contributed by atoms with Gasteiger partial charge in [0.2, 0.25) is 0 Å². The molecule has 4 nitrogen and oxygen atoms in total. The average Bonchev–Trinajstić information content (AvgIpc) is 2.36. The molecule has 0 saturated carbocycles. The first-order chi connectivity index (χ1) is 8.13. The van der Waals surface area contributed by atoms with Crippen LogP contribution in [0.5, 0.6) is 0 Å². The number of nitrogens with one attached hydrogen (secondary N) is 1. The summed E-state index contributed by atoms with van der Waals surface area (Å²) in [5.41, 5.74) is 0.798. The van der Waals surface area contributed by atoms with Crippen molar-refractivity contribution in [3.63, 3.8) is 0 Å². The van der Waals surface area contributed by atoms with E-state index in [2.05, 4.69) is 0 Å². The summed E-state index contributed by atoms with van der Waals surface area (Å²) in [6, 6.07) is 9.32. The summed E-state index contributed by atoms with van der Waals surface area (Å²) in [6.45, 7) is 1.92. The highest BCUT2D eigenvalue weighted by molar-refractivity contribution is 6.35. The van der Waals surface area contributed by atoms with Crippen LogP contribution in [0, 0.1) is 11.3 Å². The second kappa shape index (κ2) is 6.81. The predicted octanol–water partition coefficient (Wildman–Crippen LogP) is 1.77. The molecular formula is C13H17NO3. The number of carbonyl (C=O) groups excluding carboxylic acids is 1. The van der Waals surface area contributed by atoms with Crippen molar-refractivity contribution >= 4 is 11.7 Å². The quantitative estimate of drug-likeness (QED) is 0.583. The zero-order valence-electron chi connectivity index (χ0n) is 9.85. The lowest BCUT2D eigenvalue weighted by Gasteiger charge is -2.09. The lowest BCUT2D eigenvalue weighted by molar-refractivity contribution is -0.137. The summed E-state index contributed by atoms with van der Waals surface area (Å²) >= 11 is 0. The van der Waals surface area contributed by atoms with Crippen LogP contribution in [0.25, 0.3) is 0 Å². The molecule has 2 N–H and O–H groups in total. The maximum absolute atomic E-state index is 11.4. The van der Waals surface area contributed by atoms with Gasteiger partial charge >= 0.3 is 5.97 Å². The summed E-state index contributed by atoms with van der Waals surface area (Å²) in [6.07, 6.45) is 0.240. The number of benzene rings is 1. The van der Waals surface area contributed by atoms with Crippen LogP contribution in [0.2, 0.25) is 0 Å². The molecule has 1 rings (SSSR count). The van der Waals surface area contributed by atoms with Crippen LogP contribution in [-0.4, -0.2) is 23.4 Å². The Morgan fingerprint density at radius 3 is 2.65 bits per heavy atom. The van der Waals surface area contributed by atoms with Crippen LogP contribution >= 0.6 is 0 Å². The van der Waals surface area contributed by atoms with Crippen LogP contribution in [0.1, 0.15) is 18.9 Å². The van der Waals surface area contributed by atoms with Crippen LogP contribution in [0.4, 0.5) is 0 Å². The molecule has 17 heavy (non-hydrogen) atoms. The van der Waals surface area contributed by atoms with Gasteiger partial charge < -0.3 is 9.84 Å². The van der Waals surface area contributed by atoms with Crippen LogP contribution in [0.15, 0.2) is 30.3 Å². The molecule has 1 aromatic carbocycles. The minimum atomic E-state index is -0.617. The second-order valence-electron chi connectivity index (χ2n) is 4.03. The molecule has 0 aliphatic carbocycles. The molecule has 0 aliphatic heterocycles. The van der Waals surface area contributed by atoms with Gasteiger partial charge in [-0.2, -0.15) is 0 Å². The molecule has 1 aromatic rings. The first kappa shape index (κ1) is 13.4. The van der Waals surface area contributed by atoms with Gasteiger partial charge in [0.25, 0.3) is 0 Å². The summed E-state index contributed by atoms with van der Waals surface area (Å²) in [5, 5.41) is 16.3. The van der Waals surface area contributed by atoms with Crippen molar-refractivity contribution in [3.8, 4) is 0 Å². The number of carbonyl (C=O) groups is 1. The van der Waals surface area contributed by atoms with Crippen molar-refractivity contribution in [1.82, 2.24) is 0 Å². The molecule has 0 amide bonds. The van der Waals surface area contributed by atoms with E-state index in [-0.39, 0.29) is 31.3 Å². The lowest BCUT2D eigenvalue weighted by Crippen LogP contribution is -2.20. The maximum Gasteiger partial charge on any atom is 0.352 e. The van der Waals surface area contributed by atoms with Gasteiger partial charge in [0.1, 0.15) is 12.3 Å². The lowest BCUT2D eigenvalue weighted by atomic mass is 10.1. The third-order valence-electron chi connectivity index (χ3n) is 2.32. The van der Waals surface area contributed by atoms with Gasteiger partial charge in [0, 0.05) is 13.0 Å². The van der Waals surface area contributed by atoms with Crippen LogP contribution in [0.3, 0.4) is 0 Å². The Kier molecular flexibility index (Phi) is 5.36. The fourth-order valence-corrected chi connectivity index (χ4v) is 1.31. The van der Waals surface area contributed by atoms with Crippen molar-refractivity contribution in [1.29, 1.82) is 5.41 Å². The molecule has 1 unspecified atom stereocenters. The Morgan fingerprint density at radius 2 is 2.06 bits per heavy atom. The number of hydrogen-bond acceptors (Lipinski definition) is 4. The van der Waals surface area contributed by atoms with E-state index in [1.165, 1.54) is 0 Å². The van der Waals surface area contributed by atoms with E-state index in [4.69, 9.17) is 15.3 Å². The van der Waals surface area contributed by atoms with E-state index >= 15 is 0 Å². The van der Waals surface area contributed by atoms with Gasteiger partial charge in [-0.15, -0.1) is 0 Å². The number of aliphatic hydroxyl groups excluding tert-OH is 1. The van der Waals surface area contributed by atoms with Crippen molar-refractivity contribution in [2.75, 3.05) is 6.61 Å². The van der Waals surface area contributed by atoms with E-state index < -0.39 is 5.97 Å². The molecule has 0 spiro atoms. The zero-order valence-corrected chi connectivity index (χ0v) is 9.85. The molecular weight excluding hydrogens is 218 g/mol. The van der Waals surface area contributed by atoms with Crippen LogP contribution < -0.4 is 0 Å². The van der Waals surface area contributed by atoms with Gasteiger partial charge in [-0.3, -0.25) is 5.41 Å². The summed E-state index contributed by atoms with van der Waals surface area (Å²) in [4.78, 5) is 11.4. The highest BCUT2D eigenvalue weighted by Gasteiger charge is 2.14. The van der Waals surface area contributed by atoms with Crippen molar-refractivity contribution < 1.29 is 14.6 Å². The summed E-state index contributed by atoms with van der Waals surface area (Å²) in [5.74, 6) is -0.707. The standard InChI is InChI=1S/C13H17NO3/c1-10(8-15)7-12(14)13(16)17-9-11-5-3-2-4-6-11/h2-6,10,14-15H,7-9H2,1H3. The first-order valence-corrected chi connectivity index (χ1v) is 5.52. The molecule has 92 valence electrons.